The number of anilines is 1. The quantitative estimate of drug-likeness (QED) is 0.554. The molecule has 0 saturated carbocycles. The standard InChI is InChI=1S/C24H23ClN2O2/c1-18-8-5-6-11-22(18)24(29)27(21-9-3-2-4-10-21)17-7-16-26-23(28)19-12-14-20(25)15-13-19/h2-6,8-15H,7,16-17H2,1H3,(H,26,28). The second-order valence-corrected chi connectivity index (χ2v) is 7.16. The van der Waals surface area contributed by atoms with E-state index in [-0.39, 0.29) is 11.8 Å². The van der Waals surface area contributed by atoms with Crippen LogP contribution in [0.5, 0.6) is 0 Å². The number of aryl methyl sites for hydroxylation is 1. The summed E-state index contributed by atoms with van der Waals surface area (Å²) in [4.78, 5) is 27.2. The largest absolute Gasteiger partial charge is 0.352 e. The van der Waals surface area contributed by atoms with Gasteiger partial charge >= 0.3 is 0 Å². The highest BCUT2D eigenvalue weighted by atomic mass is 35.5. The molecule has 0 aromatic heterocycles. The van der Waals surface area contributed by atoms with E-state index in [9.17, 15) is 9.59 Å². The van der Waals surface area contributed by atoms with Crippen molar-refractivity contribution in [1.82, 2.24) is 5.32 Å². The van der Waals surface area contributed by atoms with Gasteiger partial charge in [-0.3, -0.25) is 9.59 Å². The van der Waals surface area contributed by atoms with Gasteiger partial charge in [0.2, 0.25) is 0 Å². The minimum atomic E-state index is -0.154. The number of carbonyl (C=O) groups is 2. The van der Waals surface area contributed by atoms with Crippen LogP contribution in [0.1, 0.15) is 32.7 Å². The minimum Gasteiger partial charge on any atom is -0.352 e. The van der Waals surface area contributed by atoms with Crippen LogP contribution in [-0.2, 0) is 0 Å². The highest BCUT2D eigenvalue weighted by molar-refractivity contribution is 6.30. The molecule has 0 aliphatic carbocycles. The first-order valence-corrected chi connectivity index (χ1v) is 9.90. The van der Waals surface area contributed by atoms with Crippen molar-refractivity contribution in [3.05, 3.63) is 101 Å². The second kappa shape index (κ2) is 9.89. The lowest BCUT2D eigenvalue weighted by molar-refractivity contribution is 0.0953. The molecular formula is C24H23ClN2O2. The SMILES string of the molecule is Cc1ccccc1C(=O)N(CCCNC(=O)c1ccc(Cl)cc1)c1ccccc1. The molecule has 0 heterocycles. The third-order valence-electron chi connectivity index (χ3n) is 4.64. The molecule has 3 aromatic rings. The molecule has 0 radical (unpaired) electrons. The van der Waals surface area contributed by atoms with Crippen molar-refractivity contribution in [3.63, 3.8) is 0 Å². The first-order valence-electron chi connectivity index (χ1n) is 9.52. The van der Waals surface area contributed by atoms with Gasteiger partial charge in [0.05, 0.1) is 0 Å². The van der Waals surface area contributed by atoms with E-state index in [4.69, 9.17) is 11.6 Å². The average Bonchev–Trinajstić information content (AvgIpc) is 2.74. The molecule has 0 aliphatic rings. The number of nitrogens with one attached hydrogen (secondary N) is 1. The molecular weight excluding hydrogens is 384 g/mol. The Bertz CT molecular complexity index is 972. The Morgan fingerprint density at radius 2 is 1.55 bits per heavy atom. The highest BCUT2D eigenvalue weighted by Crippen LogP contribution is 2.19. The Morgan fingerprint density at radius 3 is 2.24 bits per heavy atom. The van der Waals surface area contributed by atoms with Crippen molar-refractivity contribution in [2.24, 2.45) is 0 Å². The summed E-state index contributed by atoms with van der Waals surface area (Å²) >= 11 is 5.86. The minimum absolute atomic E-state index is 0.0432. The Kier molecular flexibility index (Phi) is 7.04. The molecule has 3 rings (SSSR count). The second-order valence-electron chi connectivity index (χ2n) is 6.72. The maximum Gasteiger partial charge on any atom is 0.258 e. The van der Waals surface area contributed by atoms with Gasteiger partial charge < -0.3 is 10.2 Å². The van der Waals surface area contributed by atoms with E-state index in [1.807, 2.05) is 61.5 Å². The molecule has 0 atom stereocenters. The molecule has 0 saturated heterocycles. The van der Waals surface area contributed by atoms with Gasteiger partial charge in [-0.25, -0.2) is 0 Å². The number of rotatable bonds is 7. The summed E-state index contributed by atoms with van der Waals surface area (Å²) in [5.41, 5.74) is 3.02. The highest BCUT2D eigenvalue weighted by Gasteiger charge is 2.18. The zero-order chi connectivity index (χ0) is 20.6. The van der Waals surface area contributed by atoms with Crippen LogP contribution < -0.4 is 10.2 Å². The number of hydrogen-bond acceptors (Lipinski definition) is 2. The number of para-hydroxylation sites is 1. The molecule has 0 fully saturated rings. The number of nitrogens with zero attached hydrogens (tertiary/aromatic N) is 1. The molecule has 5 heteroatoms. The molecule has 2 amide bonds. The number of benzene rings is 3. The summed E-state index contributed by atoms with van der Waals surface area (Å²) in [5.74, 6) is -0.198. The fraction of sp³-hybridized carbons (Fsp3) is 0.167. The van der Waals surface area contributed by atoms with Crippen molar-refractivity contribution in [1.29, 1.82) is 0 Å². The zero-order valence-corrected chi connectivity index (χ0v) is 17.0. The summed E-state index contributed by atoms with van der Waals surface area (Å²) in [5, 5.41) is 3.49. The normalized spacial score (nSPS) is 10.4. The monoisotopic (exact) mass is 406 g/mol. The molecule has 1 N–H and O–H groups in total. The molecule has 3 aromatic carbocycles. The van der Waals surface area contributed by atoms with Gasteiger partial charge in [-0.05, 0) is 61.4 Å². The van der Waals surface area contributed by atoms with Crippen LogP contribution in [0, 0.1) is 6.92 Å². The van der Waals surface area contributed by atoms with Gasteiger partial charge in [0.15, 0.2) is 0 Å². The van der Waals surface area contributed by atoms with E-state index in [0.29, 0.717) is 35.7 Å². The smallest absolute Gasteiger partial charge is 0.258 e. The van der Waals surface area contributed by atoms with Gasteiger partial charge in [0.25, 0.3) is 11.8 Å². The molecule has 29 heavy (non-hydrogen) atoms. The van der Waals surface area contributed by atoms with Crippen LogP contribution in [0.3, 0.4) is 0 Å². The van der Waals surface area contributed by atoms with Gasteiger partial charge in [0, 0.05) is 34.9 Å². The van der Waals surface area contributed by atoms with Crippen LogP contribution >= 0.6 is 11.6 Å². The Labute approximate surface area is 176 Å². The van der Waals surface area contributed by atoms with Crippen LogP contribution in [-0.4, -0.2) is 24.9 Å². The summed E-state index contributed by atoms with van der Waals surface area (Å²) in [7, 11) is 0. The van der Waals surface area contributed by atoms with Crippen molar-refractivity contribution < 1.29 is 9.59 Å². The van der Waals surface area contributed by atoms with E-state index >= 15 is 0 Å². The number of halogens is 1. The predicted octanol–water partition coefficient (Wildman–Crippen LogP) is 5.12. The van der Waals surface area contributed by atoms with Crippen LogP contribution in [0.15, 0.2) is 78.9 Å². The molecule has 4 nitrogen and oxygen atoms in total. The molecule has 0 spiro atoms. The summed E-state index contributed by atoms with van der Waals surface area (Å²) in [6.07, 6.45) is 0.631. The molecule has 0 aliphatic heterocycles. The summed E-state index contributed by atoms with van der Waals surface area (Å²) in [6, 6.07) is 23.9. The third kappa shape index (κ3) is 5.46. The first kappa shape index (κ1) is 20.6. The number of amides is 2. The fourth-order valence-electron chi connectivity index (χ4n) is 3.06. The summed E-state index contributed by atoms with van der Waals surface area (Å²) in [6.45, 7) is 2.90. The van der Waals surface area contributed by atoms with E-state index in [0.717, 1.165) is 11.3 Å². The van der Waals surface area contributed by atoms with Crippen molar-refractivity contribution in [2.75, 3.05) is 18.0 Å². The van der Waals surface area contributed by atoms with Gasteiger partial charge in [0.1, 0.15) is 0 Å². The Hall–Kier alpha value is -3.11. The lowest BCUT2D eigenvalue weighted by atomic mass is 10.1. The predicted molar refractivity (Wildman–Crippen MR) is 118 cm³/mol. The summed E-state index contributed by atoms with van der Waals surface area (Å²) < 4.78 is 0. The van der Waals surface area contributed by atoms with Crippen molar-refractivity contribution in [3.8, 4) is 0 Å². The third-order valence-corrected chi connectivity index (χ3v) is 4.89. The van der Waals surface area contributed by atoms with Gasteiger partial charge in [-0.15, -0.1) is 0 Å². The fourth-order valence-corrected chi connectivity index (χ4v) is 3.18. The van der Waals surface area contributed by atoms with E-state index < -0.39 is 0 Å². The lowest BCUT2D eigenvalue weighted by Crippen LogP contribution is -2.34. The van der Waals surface area contributed by atoms with Crippen molar-refractivity contribution in [2.45, 2.75) is 13.3 Å². The molecule has 148 valence electrons. The molecule has 0 unspecified atom stereocenters. The zero-order valence-electron chi connectivity index (χ0n) is 16.3. The number of carbonyl (C=O) groups excluding carboxylic acids is 2. The van der Waals surface area contributed by atoms with Crippen molar-refractivity contribution >= 4 is 29.1 Å². The first-order chi connectivity index (χ1) is 14.1. The van der Waals surface area contributed by atoms with E-state index in [1.165, 1.54) is 0 Å². The van der Waals surface area contributed by atoms with Gasteiger partial charge in [-0.2, -0.15) is 0 Å². The maximum atomic E-state index is 13.2. The Morgan fingerprint density at radius 1 is 0.897 bits per heavy atom. The number of hydrogen-bond donors (Lipinski definition) is 1. The van der Waals surface area contributed by atoms with E-state index in [2.05, 4.69) is 5.32 Å². The van der Waals surface area contributed by atoms with Crippen LogP contribution in [0.4, 0.5) is 5.69 Å². The maximum absolute atomic E-state index is 13.2. The Balaban J connectivity index is 1.65. The van der Waals surface area contributed by atoms with Gasteiger partial charge in [-0.1, -0.05) is 48.0 Å². The topological polar surface area (TPSA) is 49.4 Å². The van der Waals surface area contributed by atoms with E-state index in [1.54, 1.807) is 29.2 Å². The molecule has 0 bridgehead atoms. The van der Waals surface area contributed by atoms with Crippen LogP contribution in [0.2, 0.25) is 5.02 Å². The average molecular weight is 407 g/mol. The lowest BCUT2D eigenvalue weighted by Gasteiger charge is -2.24. The van der Waals surface area contributed by atoms with Crippen LogP contribution in [0.25, 0.3) is 0 Å².